The van der Waals surface area contributed by atoms with Gasteiger partial charge in [0.2, 0.25) is 15.9 Å². The molecule has 1 N–H and O–H groups in total. The molecule has 1 atom stereocenters. The van der Waals surface area contributed by atoms with Crippen LogP contribution in [0.2, 0.25) is 0 Å². The quantitative estimate of drug-likeness (QED) is 0.835. The number of carbonyl (C=O) groups is 1. The number of carbonyl (C=O) groups excluding carboxylic acids is 1. The van der Waals surface area contributed by atoms with Crippen molar-refractivity contribution in [2.24, 2.45) is 0 Å². The molecule has 1 fully saturated rings. The van der Waals surface area contributed by atoms with Gasteiger partial charge in [-0.05, 0) is 43.5 Å². The molecule has 3 rings (SSSR count). The molecule has 1 aromatic heterocycles. The summed E-state index contributed by atoms with van der Waals surface area (Å²) < 4.78 is 32.9. The van der Waals surface area contributed by atoms with Crippen LogP contribution in [0.15, 0.2) is 39.8 Å². The highest BCUT2D eigenvalue weighted by atomic mass is 32.2. The van der Waals surface area contributed by atoms with Gasteiger partial charge in [-0.3, -0.25) is 4.79 Å². The maximum absolute atomic E-state index is 13.1. The molecular weight excluding hydrogens is 354 g/mol. The van der Waals surface area contributed by atoms with Gasteiger partial charge in [-0.25, -0.2) is 8.42 Å². The molecule has 26 heavy (non-hydrogen) atoms. The van der Waals surface area contributed by atoms with Crippen LogP contribution in [0.25, 0.3) is 0 Å². The normalized spacial score (nSPS) is 18.2. The average Bonchev–Trinajstić information content (AvgIpc) is 3.24. The molecule has 1 amide bonds. The summed E-state index contributed by atoms with van der Waals surface area (Å²) in [7, 11) is -3.65. The summed E-state index contributed by atoms with van der Waals surface area (Å²) in [6.07, 6.45) is 3.24. The first-order valence-corrected chi connectivity index (χ1v) is 10.2. The molecule has 140 valence electrons. The fourth-order valence-corrected chi connectivity index (χ4v) is 4.89. The zero-order valence-corrected chi connectivity index (χ0v) is 15.8. The summed E-state index contributed by atoms with van der Waals surface area (Å²) in [5.74, 6) is 0.584. The molecule has 2 aromatic rings. The van der Waals surface area contributed by atoms with E-state index in [0.717, 1.165) is 31.4 Å². The van der Waals surface area contributed by atoms with Gasteiger partial charge in [-0.15, -0.1) is 0 Å². The Kier molecular flexibility index (Phi) is 5.43. The van der Waals surface area contributed by atoms with Crippen molar-refractivity contribution in [1.29, 1.82) is 0 Å². The van der Waals surface area contributed by atoms with E-state index < -0.39 is 10.0 Å². The summed E-state index contributed by atoms with van der Waals surface area (Å²) in [5, 5.41) is 6.72. The van der Waals surface area contributed by atoms with Crippen LogP contribution in [0.5, 0.6) is 0 Å². The summed E-state index contributed by atoms with van der Waals surface area (Å²) in [4.78, 5) is 11.3. The van der Waals surface area contributed by atoms with E-state index in [1.54, 1.807) is 12.1 Å². The van der Waals surface area contributed by atoms with Gasteiger partial charge in [0.1, 0.15) is 11.5 Å². The van der Waals surface area contributed by atoms with E-state index in [1.165, 1.54) is 23.4 Å². The molecule has 1 aliphatic rings. The van der Waals surface area contributed by atoms with E-state index in [-0.39, 0.29) is 16.8 Å². The number of anilines is 1. The maximum Gasteiger partial charge on any atom is 0.243 e. The number of hydrogen-bond acceptors (Lipinski definition) is 5. The Morgan fingerprint density at radius 2 is 2.08 bits per heavy atom. The van der Waals surface area contributed by atoms with Crippen molar-refractivity contribution in [2.75, 3.05) is 11.9 Å². The zero-order chi connectivity index (χ0) is 18.7. The largest absolute Gasteiger partial charge is 0.361 e. The first kappa shape index (κ1) is 18.6. The minimum Gasteiger partial charge on any atom is -0.361 e. The van der Waals surface area contributed by atoms with Crippen molar-refractivity contribution < 1.29 is 17.7 Å². The second-order valence-electron chi connectivity index (χ2n) is 6.45. The summed E-state index contributed by atoms with van der Waals surface area (Å²) in [6.45, 7) is 3.92. The number of benzene rings is 1. The van der Waals surface area contributed by atoms with Crippen LogP contribution in [-0.4, -0.2) is 30.3 Å². The molecule has 0 aliphatic carbocycles. The molecule has 7 nitrogen and oxygen atoms in total. The summed E-state index contributed by atoms with van der Waals surface area (Å²) in [5.41, 5.74) is 1.24. The highest BCUT2D eigenvalue weighted by Gasteiger charge is 2.37. The van der Waals surface area contributed by atoms with Gasteiger partial charge < -0.3 is 9.84 Å². The lowest BCUT2D eigenvalue weighted by atomic mass is 10.1. The van der Waals surface area contributed by atoms with Crippen LogP contribution in [0.3, 0.4) is 0 Å². The minimum atomic E-state index is -3.65. The van der Waals surface area contributed by atoms with Crippen LogP contribution < -0.4 is 5.32 Å². The predicted octanol–water partition coefficient (Wildman–Crippen LogP) is 3.11. The molecule has 0 bridgehead atoms. The first-order chi connectivity index (χ1) is 12.4. The standard InChI is InChI=1S/C18H23N3O4S/c1-3-5-15-12-17(20-25-15)18-6-4-11-21(18)26(23,24)16-9-7-14(8-10-16)19-13(2)22/h7-10,12,18H,3-6,11H2,1-2H3,(H,19,22)/t18-/m0/s1. The molecule has 2 heterocycles. The fourth-order valence-electron chi connectivity index (χ4n) is 3.22. The van der Waals surface area contributed by atoms with Crippen LogP contribution in [0.4, 0.5) is 5.69 Å². The number of aryl methyl sites for hydroxylation is 1. The Hall–Kier alpha value is -2.19. The lowest BCUT2D eigenvalue weighted by molar-refractivity contribution is -0.114. The number of amides is 1. The number of nitrogens with zero attached hydrogens (tertiary/aromatic N) is 2. The minimum absolute atomic E-state index is 0.200. The number of aromatic nitrogens is 1. The Bertz CT molecular complexity index is 874. The van der Waals surface area contributed by atoms with E-state index >= 15 is 0 Å². The molecule has 0 spiro atoms. The van der Waals surface area contributed by atoms with Crippen molar-refractivity contribution in [3.8, 4) is 0 Å². The van der Waals surface area contributed by atoms with Gasteiger partial charge in [-0.1, -0.05) is 12.1 Å². The van der Waals surface area contributed by atoms with Gasteiger partial charge in [0, 0.05) is 31.6 Å². The van der Waals surface area contributed by atoms with Crippen molar-refractivity contribution in [1.82, 2.24) is 9.46 Å². The third-order valence-electron chi connectivity index (χ3n) is 4.40. The van der Waals surface area contributed by atoms with Crippen molar-refractivity contribution in [3.63, 3.8) is 0 Å². The monoisotopic (exact) mass is 377 g/mol. The molecule has 1 aliphatic heterocycles. The van der Waals surface area contributed by atoms with Gasteiger partial charge in [0.05, 0.1) is 10.9 Å². The highest BCUT2D eigenvalue weighted by Crippen LogP contribution is 2.36. The fraction of sp³-hybridized carbons (Fsp3) is 0.444. The van der Waals surface area contributed by atoms with Crippen molar-refractivity contribution >= 4 is 21.6 Å². The number of rotatable bonds is 6. The average molecular weight is 377 g/mol. The van der Waals surface area contributed by atoms with Gasteiger partial charge >= 0.3 is 0 Å². The van der Waals surface area contributed by atoms with E-state index in [9.17, 15) is 13.2 Å². The lowest BCUT2D eigenvalue weighted by Gasteiger charge is -2.22. The zero-order valence-electron chi connectivity index (χ0n) is 14.9. The smallest absolute Gasteiger partial charge is 0.243 e. The Morgan fingerprint density at radius 1 is 1.35 bits per heavy atom. The predicted molar refractivity (Wildman–Crippen MR) is 97.1 cm³/mol. The van der Waals surface area contributed by atoms with Crippen molar-refractivity contribution in [3.05, 3.63) is 41.8 Å². The van der Waals surface area contributed by atoms with E-state index in [4.69, 9.17) is 4.52 Å². The first-order valence-electron chi connectivity index (χ1n) is 8.77. The van der Waals surface area contributed by atoms with E-state index in [0.29, 0.717) is 17.9 Å². The third kappa shape index (κ3) is 3.81. The molecule has 8 heteroatoms. The second-order valence-corrected chi connectivity index (χ2v) is 8.34. The molecular formula is C18H23N3O4S. The van der Waals surface area contributed by atoms with E-state index in [1.807, 2.05) is 6.07 Å². The molecule has 0 unspecified atom stereocenters. The van der Waals surface area contributed by atoms with Crippen molar-refractivity contribution in [2.45, 2.75) is 50.5 Å². The van der Waals surface area contributed by atoms with Gasteiger partial charge in [-0.2, -0.15) is 4.31 Å². The van der Waals surface area contributed by atoms with Crippen LogP contribution in [0, 0.1) is 0 Å². The van der Waals surface area contributed by atoms with Crippen LogP contribution in [-0.2, 0) is 21.2 Å². The maximum atomic E-state index is 13.1. The second kappa shape index (κ2) is 7.59. The Labute approximate surface area is 153 Å². The number of nitrogens with one attached hydrogen (secondary N) is 1. The number of hydrogen-bond donors (Lipinski definition) is 1. The summed E-state index contributed by atoms with van der Waals surface area (Å²) >= 11 is 0. The molecule has 1 aromatic carbocycles. The van der Waals surface area contributed by atoms with Gasteiger partial charge in [0.15, 0.2) is 0 Å². The molecule has 0 radical (unpaired) electrons. The highest BCUT2D eigenvalue weighted by molar-refractivity contribution is 7.89. The van der Waals surface area contributed by atoms with Crippen LogP contribution >= 0.6 is 0 Å². The third-order valence-corrected chi connectivity index (χ3v) is 6.32. The lowest BCUT2D eigenvalue weighted by Crippen LogP contribution is -2.30. The summed E-state index contributed by atoms with van der Waals surface area (Å²) in [6, 6.07) is 7.78. The molecule has 1 saturated heterocycles. The topological polar surface area (TPSA) is 92.5 Å². The Morgan fingerprint density at radius 3 is 2.73 bits per heavy atom. The Balaban J connectivity index is 1.83. The molecule has 0 saturated carbocycles. The van der Waals surface area contributed by atoms with Crippen LogP contribution in [0.1, 0.15) is 50.6 Å². The number of sulfonamides is 1. The van der Waals surface area contributed by atoms with E-state index in [2.05, 4.69) is 17.4 Å². The van der Waals surface area contributed by atoms with Gasteiger partial charge in [0.25, 0.3) is 0 Å². The SMILES string of the molecule is CCCc1cc([C@@H]2CCCN2S(=O)(=O)c2ccc(NC(C)=O)cc2)no1.